The van der Waals surface area contributed by atoms with Gasteiger partial charge >= 0.3 is 0 Å². The Bertz CT molecular complexity index is 519. The molecule has 2 bridgehead atoms. The average Bonchev–Trinajstić information content (AvgIpc) is 2.78. The monoisotopic (exact) mass is 326 g/mol. The van der Waals surface area contributed by atoms with Gasteiger partial charge in [-0.25, -0.2) is 0 Å². The van der Waals surface area contributed by atoms with E-state index in [1.54, 1.807) is 12.1 Å². The van der Waals surface area contributed by atoms with Crippen LogP contribution in [-0.2, 0) is 9.59 Å². The zero-order valence-electron chi connectivity index (χ0n) is 9.66. The summed E-state index contributed by atoms with van der Waals surface area (Å²) >= 11 is 9.52. The Balaban J connectivity index is 2.07. The molecule has 94 valence electrons. The van der Waals surface area contributed by atoms with Crippen molar-refractivity contribution in [2.24, 2.45) is 11.8 Å². The van der Waals surface area contributed by atoms with Gasteiger partial charge in [0.15, 0.2) is 11.6 Å². The summed E-state index contributed by atoms with van der Waals surface area (Å²) in [6.07, 6.45) is 2.47. The predicted molar refractivity (Wildman–Crippen MR) is 72.7 cm³/mol. The zero-order valence-corrected chi connectivity index (χ0v) is 12.0. The second-order valence-electron chi connectivity index (χ2n) is 5.11. The van der Waals surface area contributed by atoms with E-state index in [9.17, 15) is 9.59 Å². The summed E-state index contributed by atoms with van der Waals surface area (Å²) < 4.78 is 0.848. The van der Waals surface area contributed by atoms with Gasteiger partial charge < -0.3 is 0 Å². The highest BCUT2D eigenvalue weighted by Gasteiger charge is 2.47. The molecule has 18 heavy (non-hydrogen) atoms. The molecule has 2 aliphatic carbocycles. The molecule has 0 radical (unpaired) electrons. The molecule has 0 saturated heterocycles. The third-order valence-electron chi connectivity index (χ3n) is 4.08. The summed E-state index contributed by atoms with van der Waals surface area (Å²) in [5.74, 6) is -0.385. The summed E-state index contributed by atoms with van der Waals surface area (Å²) in [6.45, 7) is 0. The second-order valence-corrected chi connectivity index (χ2v) is 6.43. The van der Waals surface area contributed by atoms with Crippen LogP contribution in [0.1, 0.15) is 30.7 Å². The van der Waals surface area contributed by atoms with Gasteiger partial charge in [0.2, 0.25) is 0 Å². The molecule has 0 aliphatic heterocycles. The molecule has 0 spiro atoms. The molecule has 2 unspecified atom stereocenters. The fraction of sp³-hybridized carbons (Fsp3) is 0.429. The third kappa shape index (κ3) is 1.84. The lowest BCUT2D eigenvalue weighted by Gasteiger charge is -2.26. The molecule has 0 heterocycles. The Hall–Kier alpha value is -0.670. The molecule has 0 aromatic heterocycles. The number of hydrogen-bond acceptors (Lipinski definition) is 2. The second kappa shape index (κ2) is 4.46. The van der Waals surface area contributed by atoms with E-state index >= 15 is 0 Å². The van der Waals surface area contributed by atoms with Gasteiger partial charge in [-0.05, 0) is 43.0 Å². The summed E-state index contributed by atoms with van der Waals surface area (Å²) in [4.78, 5) is 24.7. The van der Waals surface area contributed by atoms with E-state index in [4.69, 9.17) is 11.6 Å². The van der Waals surface area contributed by atoms with Crippen LogP contribution in [0.25, 0.3) is 0 Å². The molecule has 1 aromatic carbocycles. The minimum atomic E-state index is -0.638. The lowest BCUT2D eigenvalue weighted by molar-refractivity contribution is -0.135. The van der Waals surface area contributed by atoms with Crippen molar-refractivity contribution in [1.82, 2.24) is 0 Å². The first-order valence-electron chi connectivity index (χ1n) is 6.10. The van der Waals surface area contributed by atoms with E-state index in [1.165, 1.54) is 0 Å². The lowest BCUT2D eigenvalue weighted by Crippen LogP contribution is -2.34. The molecule has 0 N–H and O–H groups in total. The van der Waals surface area contributed by atoms with Crippen molar-refractivity contribution in [3.05, 3.63) is 33.3 Å². The van der Waals surface area contributed by atoms with Crippen LogP contribution in [0.4, 0.5) is 0 Å². The van der Waals surface area contributed by atoms with Crippen molar-refractivity contribution in [2.75, 3.05) is 0 Å². The first-order valence-corrected chi connectivity index (χ1v) is 7.27. The van der Waals surface area contributed by atoms with Crippen LogP contribution in [-0.4, -0.2) is 11.6 Å². The quantitative estimate of drug-likeness (QED) is 0.736. The number of fused-ring (bicyclic) bond motifs is 2. The number of ketones is 2. The molecule has 1 aromatic rings. The van der Waals surface area contributed by atoms with Gasteiger partial charge in [0.05, 0.1) is 0 Å². The van der Waals surface area contributed by atoms with Crippen molar-refractivity contribution in [3.63, 3.8) is 0 Å². The number of hydrogen-bond donors (Lipinski definition) is 0. The maximum atomic E-state index is 12.4. The van der Waals surface area contributed by atoms with Gasteiger partial charge in [0.1, 0.15) is 5.92 Å². The molecule has 0 amide bonds. The largest absolute Gasteiger partial charge is 0.298 e. The molecule has 3 rings (SSSR count). The fourth-order valence-electron chi connectivity index (χ4n) is 3.15. The average molecular weight is 328 g/mol. The van der Waals surface area contributed by atoms with Gasteiger partial charge in [0, 0.05) is 21.3 Å². The minimum absolute atomic E-state index is 0.0627. The molecule has 2 aliphatic rings. The molecule has 2 saturated carbocycles. The van der Waals surface area contributed by atoms with Crippen molar-refractivity contribution in [1.29, 1.82) is 0 Å². The van der Waals surface area contributed by atoms with E-state index in [2.05, 4.69) is 15.9 Å². The van der Waals surface area contributed by atoms with Crippen molar-refractivity contribution in [3.8, 4) is 0 Å². The maximum absolute atomic E-state index is 12.4. The van der Waals surface area contributed by atoms with Gasteiger partial charge in [-0.1, -0.05) is 27.5 Å². The molecule has 4 heteroatoms. The van der Waals surface area contributed by atoms with Crippen LogP contribution in [0.3, 0.4) is 0 Å². The Kier molecular flexibility index (Phi) is 3.07. The van der Waals surface area contributed by atoms with Crippen molar-refractivity contribution >= 4 is 39.1 Å². The highest BCUT2D eigenvalue weighted by atomic mass is 79.9. The number of benzene rings is 1. The highest BCUT2D eigenvalue weighted by molar-refractivity contribution is 9.10. The third-order valence-corrected chi connectivity index (χ3v) is 4.91. The number of carbonyl (C=O) groups is 2. The molecule has 2 fully saturated rings. The lowest BCUT2D eigenvalue weighted by atomic mass is 9.75. The molecule has 2 atom stereocenters. The number of halogens is 2. The first kappa shape index (κ1) is 12.4. The Morgan fingerprint density at radius 2 is 1.72 bits per heavy atom. The Morgan fingerprint density at radius 1 is 1.11 bits per heavy atom. The summed E-state index contributed by atoms with van der Waals surface area (Å²) in [6, 6.07) is 5.35. The minimum Gasteiger partial charge on any atom is -0.298 e. The zero-order chi connectivity index (χ0) is 12.9. The van der Waals surface area contributed by atoms with E-state index in [-0.39, 0.29) is 23.4 Å². The van der Waals surface area contributed by atoms with Crippen LogP contribution in [0.2, 0.25) is 5.02 Å². The van der Waals surface area contributed by atoms with E-state index in [0.717, 1.165) is 23.7 Å². The number of carbonyl (C=O) groups excluding carboxylic acids is 2. The highest BCUT2D eigenvalue weighted by Crippen LogP contribution is 2.45. The number of Topliss-reactive ketones (excluding diaryl/α,β-unsaturated/α-hetero) is 2. The normalized spacial score (nSPS) is 30.9. The Morgan fingerprint density at radius 3 is 2.33 bits per heavy atom. The van der Waals surface area contributed by atoms with E-state index in [0.29, 0.717) is 10.6 Å². The molecular formula is C14H12BrClO2. The Labute approximate surface area is 119 Å². The van der Waals surface area contributed by atoms with Crippen LogP contribution in [0.5, 0.6) is 0 Å². The van der Waals surface area contributed by atoms with Gasteiger partial charge in [0.25, 0.3) is 0 Å². The topological polar surface area (TPSA) is 34.1 Å². The number of rotatable bonds is 1. The summed E-state index contributed by atoms with van der Waals surface area (Å²) in [5, 5.41) is 0.506. The molecular weight excluding hydrogens is 316 g/mol. The van der Waals surface area contributed by atoms with Crippen molar-refractivity contribution < 1.29 is 9.59 Å². The SMILES string of the molecule is O=C1C2CCC(C2)C(=O)C1c1cc(Br)ccc1Cl. The standard InChI is InChI=1S/C14H12BrClO2/c15-9-3-4-11(16)10(6-9)12-13(17)7-1-2-8(5-7)14(12)18/h3-4,6-8,12H,1-2,5H2. The van der Waals surface area contributed by atoms with Crippen molar-refractivity contribution in [2.45, 2.75) is 25.2 Å². The fourth-order valence-corrected chi connectivity index (χ4v) is 3.76. The van der Waals surface area contributed by atoms with Crippen LogP contribution >= 0.6 is 27.5 Å². The smallest absolute Gasteiger partial charge is 0.150 e. The predicted octanol–water partition coefficient (Wildman–Crippen LogP) is 3.75. The summed E-state index contributed by atoms with van der Waals surface area (Å²) in [7, 11) is 0. The van der Waals surface area contributed by atoms with E-state index in [1.807, 2.05) is 6.07 Å². The van der Waals surface area contributed by atoms with Crippen LogP contribution < -0.4 is 0 Å². The first-order chi connectivity index (χ1) is 8.58. The summed E-state index contributed by atoms with van der Waals surface area (Å²) in [5.41, 5.74) is 0.664. The van der Waals surface area contributed by atoms with Crippen LogP contribution in [0.15, 0.2) is 22.7 Å². The van der Waals surface area contributed by atoms with Gasteiger partial charge in [-0.15, -0.1) is 0 Å². The maximum Gasteiger partial charge on any atom is 0.150 e. The van der Waals surface area contributed by atoms with Gasteiger partial charge in [-0.3, -0.25) is 9.59 Å². The van der Waals surface area contributed by atoms with Gasteiger partial charge in [-0.2, -0.15) is 0 Å². The van der Waals surface area contributed by atoms with E-state index < -0.39 is 5.92 Å². The van der Waals surface area contributed by atoms with Crippen LogP contribution in [0, 0.1) is 11.8 Å². The molecule has 2 nitrogen and oxygen atoms in total.